The smallest absolute Gasteiger partial charge is 0.159 e. The van der Waals surface area contributed by atoms with E-state index in [0.717, 1.165) is 33.6 Å². The summed E-state index contributed by atoms with van der Waals surface area (Å²) < 4.78 is 0. The number of rotatable bonds is 5. The molecule has 29 heavy (non-hydrogen) atoms. The number of carbonyl (C=O) groups is 2. The molecule has 0 amide bonds. The molecule has 4 rings (SSSR count). The van der Waals surface area contributed by atoms with Crippen molar-refractivity contribution in [3.05, 3.63) is 96.1 Å². The molecule has 0 radical (unpaired) electrons. The number of Topliss-reactive ketones (excluding diaryl/α,β-unsaturated/α-hetero) is 2. The van der Waals surface area contributed by atoms with Gasteiger partial charge in [0.2, 0.25) is 0 Å². The highest BCUT2D eigenvalue weighted by molar-refractivity contribution is 5.96. The third kappa shape index (κ3) is 3.81. The maximum atomic E-state index is 11.6. The number of aromatic amines is 1. The summed E-state index contributed by atoms with van der Waals surface area (Å²) >= 11 is 0. The molecule has 0 aliphatic rings. The lowest BCUT2D eigenvalue weighted by Gasteiger charge is -2.06. The molecule has 4 aromatic rings. The van der Waals surface area contributed by atoms with E-state index in [1.807, 2.05) is 66.7 Å². The summed E-state index contributed by atoms with van der Waals surface area (Å²) in [7, 11) is 0. The Hall–Kier alpha value is -3.72. The Kier molecular flexibility index (Phi) is 4.96. The van der Waals surface area contributed by atoms with Crippen LogP contribution in [-0.4, -0.2) is 16.6 Å². The zero-order valence-corrected chi connectivity index (χ0v) is 16.4. The number of H-pyrrole nitrogens is 1. The fourth-order valence-corrected chi connectivity index (χ4v) is 3.44. The van der Waals surface area contributed by atoms with Gasteiger partial charge in [-0.05, 0) is 36.6 Å². The van der Waals surface area contributed by atoms with Crippen LogP contribution in [0.5, 0.6) is 0 Å². The van der Waals surface area contributed by atoms with E-state index in [9.17, 15) is 9.59 Å². The van der Waals surface area contributed by atoms with Crippen molar-refractivity contribution in [3.8, 4) is 33.6 Å². The highest BCUT2D eigenvalue weighted by atomic mass is 16.1. The molecule has 0 atom stereocenters. The van der Waals surface area contributed by atoms with Gasteiger partial charge in [0, 0.05) is 22.4 Å². The van der Waals surface area contributed by atoms with Crippen LogP contribution in [0, 0.1) is 0 Å². The van der Waals surface area contributed by atoms with Crippen LogP contribution in [0.1, 0.15) is 34.6 Å². The highest BCUT2D eigenvalue weighted by Gasteiger charge is 2.14. The lowest BCUT2D eigenvalue weighted by molar-refractivity contribution is 0.100. The Morgan fingerprint density at radius 1 is 0.621 bits per heavy atom. The molecule has 3 aromatic carbocycles. The van der Waals surface area contributed by atoms with Crippen molar-refractivity contribution in [2.45, 2.75) is 13.8 Å². The molecule has 0 fully saturated rings. The first-order chi connectivity index (χ1) is 14.0. The van der Waals surface area contributed by atoms with Crippen molar-refractivity contribution >= 4 is 11.6 Å². The van der Waals surface area contributed by atoms with Crippen molar-refractivity contribution in [2.75, 3.05) is 0 Å². The molecular weight excluding hydrogens is 358 g/mol. The Morgan fingerprint density at radius 3 is 1.66 bits per heavy atom. The predicted molar refractivity (Wildman–Crippen MR) is 117 cm³/mol. The van der Waals surface area contributed by atoms with E-state index < -0.39 is 0 Å². The number of ketones is 2. The second kappa shape index (κ2) is 7.72. The van der Waals surface area contributed by atoms with Crippen LogP contribution in [0.2, 0.25) is 0 Å². The topological polar surface area (TPSA) is 49.9 Å². The van der Waals surface area contributed by atoms with E-state index >= 15 is 0 Å². The van der Waals surface area contributed by atoms with Gasteiger partial charge in [-0.1, -0.05) is 78.9 Å². The van der Waals surface area contributed by atoms with E-state index in [2.05, 4.69) is 23.2 Å². The number of nitrogens with one attached hydrogen (secondary N) is 1. The maximum absolute atomic E-state index is 11.6. The summed E-state index contributed by atoms with van der Waals surface area (Å²) in [6.45, 7) is 3.14. The van der Waals surface area contributed by atoms with Gasteiger partial charge in [0.25, 0.3) is 0 Å². The fraction of sp³-hybridized carbons (Fsp3) is 0.0769. The number of hydrogen-bond donors (Lipinski definition) is 1. The van der Waals surface area contributed by atoms with Crippen LogP contribution in [-0.2, 0) is 0 Å². The minimum absolute atomic E-state index is 0.0491. The van der Waals surface area contributed by atoms with Crippen LogP contribution >= 0.6 is 0 Å². The van der Waals surface area contributed by atoms with Gasteiger partial charge in [-0.2, -0.15) is 0 Å². The molecule has 0 saturated carbocycles. The first-order valence-corrected chi connectivity index (χ1v) is 9.54. The second-order valence-electron chi connectivity index (χ2n) is 7.10. The molecule has 3 nitrogen and oxygen atoms in total. The van der Waals surface area contributed by atoms with Crippen LogP contribution in [0.25, 0.3) is 33.6 Å². The Bertz CT molecular complexity index is 1090. The van der Waals surface area contributed by atoms with Crippen LogP contribution in [0.15, 0.2) is 84.9 Å². The van der Waals surface area contributed by atoms with Gasteiger partial charge in [0.05, 0.1) is 5.69 Å². The van der Waals surface area contributed by atoms with Crippen molar-refractivity contribution in [3.63, 3.8) is 0 Å². The SMILES string of the molecule is CC(=O)c1ccc(-c2cc(-c3ccccc3)[nH]c2-c2ccc(C(C)=O)cc2)cc1. The Morgan fingerprint density at radius 2 is 1.14 bits per heavy atom. The standard InChI is InChI=1S/C26H21NO2/c1-17(28)19-8-12-21(13-9-19)24-16-25(22-6-4-3-5-7-22)27-26(24)23-14-10-20(11-15-23)18(2)29/h3-16,27H,1-2H3. The minimum atomic E-state index is 0.0491. The molecule has 1 heterocycles. The normalized spacial score (nSPS) is 10.7. The average molecular weight is 379 g/mol. The number of benzene rings is 3. The third-order valence-corrected chi connectivity index (χ3v) is 5.09. The van der Waals surface area contributed by atoms with Gasteiger partial charge in [0.15, 0.2) is 11.6 Å². The number of aromatic nitrogens is 1. The summed E-state index contributed by atoms with van der Waals surface area (Å²) in [6, 6.07) is 27.6. The summed E-state index contributed by atoms with van der Waals surface area (Å²) in [6.07, 6.45) is 0. The molecule has 1 aromatic heterocycles. The Balaban J connectivity index is 1.85. The average Bonchev–Trinajstić information content (AvgIpc) is 3.20. The summed E-state index contributed by atoms with van der Waals surface area (Å²) in [5, 5.41) is 0. The number of hydrogen-bond acceptors (Lipinski definition) is 2. The largest absolute Gasteiger partial charge is 0.354 e. The van der Waals surface area contributed by atoms with Gasteiger partial charge in [0.1, 0.15) is 0 Å². The predicted octanol–water partition coefficient (Wildman–Crippen LogP) is 6.42. The minimum Gasteiger partial charge on any atom is -0.354 e. The molecule has 142 valence electrons. The molecule has 0 spiro atoms. The third-order valence-electron chi connectivity index (χ3n) is 5.09. The van der Waals surface area contributed by atoms with E-state index in [1.165, 1.54) is 0 Å². The van der Waals surface area contributed by atoms with Gasteiger partial charge in [-0.25, -0.2) is 0 Å². The molecule has 0 aliphatic heterocycles. The molecule has 0 unspecified atom stereocenters. The van der Waals surface area contributed by atoms with Crippen molar-refractivity contribution in [2.24, 2.45) is 0 Å². The summed E-state index contributed by atoms with van der Waals surface area (Å²) in [4.78, 5) is 26.8. The second-order valence-corrected chi connectivity index (χ2v) is 7.10. The molecule has 1 N–H and O–H groups in total. The first kappa shape index (κ1) is 18.6. The van der Waals surface area contributed by atoms with Crippen LogP contribution in [0.3, 0.4) is 0 Å². The molecule has 0 bridgehead atoms. The number of carbonyl (C=O) groups excluding carboxylic acids is 2. The van der Waals surface area contributed by atoms with Gasteiger partial charge >= 0.3 is 0 Å². The van der Waals surface area contributed by atoms with E-state index in [0.29, 0.717) is 11.1 Å². The fourth-order valence-electron chi connectivity index (χ4n) is 3.44. The van der Waals surface area contributed by atoms with Crippen LogP contribution < -0.4 is 0 Å². The van der Waals surface area contributed by atoms with E-state index in [4.69, 9.17) is 0 Å². The van der Waals surface area contributed by atoms with Gasteiger partial charge in [-0.15, -0.1) is 0 Å². The molecule has 0 aliphatic carbocycles. The lowest BCUT2D eigenvalue weighted by atomic mass is 9.98. The zero-order valence-electron chi connectivity index (χ0n) is 16.4. The quantitative estimate of drug-likeness (QED) is 0.407. The van der Waals surface area contributed by atoms with Gasteiger partial charge < -0.3 is 4.98 Å². The highest BCUT2D eigenvalue weighted by Crippen LogP contribution is 2.36. The maximum Gasteiger partial charge on any atom is 0.159 e. The van der Waals surface area contributed by atoms with Crippen LogP contribution in [0.4, 0.5) is 0 Å². The van der Waals surface area contributed by atoms with Crippen molar-refractivity contribution in [1.82, 2.24) is 4.98 Å². The lowest BCUT2D eigenvalue weighted by Crippen LogP contribution is -1.92. The monoisotopic (exact) mass is 379 g/mol. The molecule has 3 heteroatoms. The first-order valence-electron chi connectivity index (χ1n) is 9.54. The van der Waals surface area contributed by atoms with E-state index in [1.54, 1.807) is 13.8 Å². The molecular formula is C26H21NO2. The van der Waals surface area contributed by atoms with Crippen molar-refractivity contribution in [1.29, 1.82) is 0 Å². The summed E-state index contributed by atoms with van der Waals surface area (Å²) in [5.74, 6) is 0.101. The van der Waals surface area contributed by atoms with E-state index in [-0.39, 0.29) is 11.6 Å². The van der Waals surface area contributed by atoms with Crippen molar-refractivity contribution < 1.29 is 9.59 Å². The summed E-state index contributed by atoms with van der Waals surface area (Å²) in [5.41, 5.74) is 7.56. The van der Waals surface area contributed by atoms with Gasteiger partial charge in [-0.3, -0.25) is 9.59 Å². The molecule has 0 saturated heterocycles. The zero-order chi connectivity index (χ0) is 20.4. The Labute approximate surface area is 170 Å².